The molecule has 4 aromatic rings. The Morgan fingerprint density at radius 1 is 1.00 bits per heavy atom. The third kappa shape index (κ3) is 4.54. The molecule has 4 nitrogen and oxygen atoms in total. The number of carboxylic acid groups (broad SMARTS) is 1. The van der Waals surface area contributed by atoms with E-state index in [0.29, 0.717) is 11.1 Å². The SMILES string of the molecule is Cc1c(OCc2cccc(-c3ccccc3)c2)nc2ccc(F)cc2c1C(=O)[O-].[Na+]. The van der Waals surface area contributed by atoms with E-state index in [1.165, 1.54) is 12.1 Å². The predicted octanol–water partition coefficient (Wildman–Crippen LogP) is 1.30. The quantitative estimate of drug-likeness (QED) is 0.466. The van der Waals surface area contributed by atoms with Crippen LogP contribution in [-0.4, -0.2) is 11.0 Å². The summed E-state index contributed by atoms with van der Waals surface area (Å²) in [5.74, 6) is -1.74. The smallest absolute Gasteiger partial charge is 0.545 e. The number of pyridine rings is 1. The minimum absolute atomic E-state index is 0. The fourth-order valence-electron chi connectivity index (χ4n) is 3.33. The number of aromatic carboxylic acids is 1. The Balaban J connectivity index is 0.00000256. The van der Waals surface area contributed by atoms with Crippen molar-refractivity contribution in [2.75, 3.05) is 0 Å². The van der Waals surface area contributed by atoms with Gasteiger partial charge in [-0.2, -0.15) is 0 Å². The van der Waals surface area contributed by atoms with Crippen LogP contribution in [0.3, 0.4) is 0 Å². The third-order valence-electron chi connectivity index (χ3n) is 4.76. The number of carboxylic acids is 1. The first-order valence-corrected chi connectivity index (χ1v) is 9.11. The monoisotopic (exact) mass is 409 g/mol. The second-order valence-electron chi connectivity index (χ2n) is 6.72. The topological polar surface area (TPSA) is 62.2 Å². The molecule has 0 saturated heterocycles. The number of hydrogen-bond acceptors (Lipinski definition) is 4. The molecule has 4 rings (SSSR count). The van der Waals surface area contributed by atoms with Gasteiger partial charge >= 0.3 is 29.6 Å². The standard InChI is InChI=1S/C24H18FNO3.Na/c1-15-22(24(27)28)20-13-19(25)10-11-21(20)26-23(15)29-14-16-6-5-9-18(12-16)17-7-3-2-4-8-17;/h2-13H,14H2,1H3,(H,27,28);/q;+1/p-1. The van der Waals surface area contributed by atoms with Gasteiger partial charge in [-0.3, -0.25) is 0 Å². The number of halogens is 1. The van der Waals surface area contributed by atoms with E-state index in [4.69, 9.17) is 4.74 Å². The summed E-state index contributed by atoms with van der Waals surface area (Å²) in [6, 6.07) is 21.7. The molecule has 0 amide bonds. The summed E-state index contributed by atoms with van der Waals surface area (Å²) in [7, 11) is 0. The number of carbonyl (C=O) groups excluding carboxylic acids is 1. The molecule has 0 atom stereocenters. The van der Waals surface area contributed by atoms with Crippen LogP contribution in [0.2, 0.25) is 0 Å². The molecule has 0 fully saturated rings. The molecule has 0 aliphatic carbocycles. The first kappa shape index (κ1) is 22.0. The Kier molecular flexibility index (Phi) is 6.87. The number of aromatic nitrogens is 1. The molecule has 30 heavy (non-hydrogen) atoms. The van der Waals surface area contributed by atoms with Crippen molar-refractivity contribution in [2.24, 2.45) is 0 Å². The molecular weight excluding hydrogens is 392 g/mol. The van der Waals surface area contributed by atoms with E-state index in [2.05, 4.69) is 4.98 Å². The van der Waals surface area contributed by atoms with Crippen molar-refractivity contribution < 1.29 is 48.6 Å². The Labute approximate surface area is 195 Å². The van der Waals surface area contributed by atoms with Crippen LogP contribution in [0.5, 0.6) is 5.88 Å². The van der Waals surface area contributed by atoms with Gasteiger partial charge < -0.3 is 14.6 Å². The Bertz CT molecular complexity index is 1210. The van der Waals surface area contributed by atoms with Crippen LogP contribution in [0.4, 0.5) is 4.39 Å². The van der Waals surface area contributed by atoms with E-state index in [0.717, 1.165) is 22.8 Å². The summed E-state index contributed by atoms with van der Waals surface area (Å²) in [6.07, 6.45) is 0. The molecule has 3 aromatic carbocycles. The number of ether oxygens (including phenoxy) is 1. The maximum Gasteiger partial charge on any atom is 1.00 e. The maximum atomic E-state index is 13.6. The van der Waals surface area contributed by atoms with E-state index in [-0.39, 0.29) is 53.0 Å². The number of nitrogens with zero attached hydrogens (tertiary/aromatic N) is 1. The molecule has 0 aliphatic heterocycles. The largest absolute Gasteiger partial charge is 1.00 e. The molecule has 0 radical (unpaired) electrons. The first-order chi connectivity index (χ1) is 14.0. The van der Waals surface area contributed by atoms with E-state index in [1.54, 1.807) is 6.92 Å². The molecule has 0 bridgehead atoms. The van der Waals surface area contributed by atoms with Crippen molar-refractivity contribution in [2.45, 2.75) is 13.5 Å². The van der Waals surface area contributed by atoms with Gasteiger partial charge in [-0.15, -0.1) is 0 Å². The van der Waals surface area contributed by atoms with Crippen molar-refractivity contribution in [1.82, 2.24) is 4.98 Å². The Morgan fingerprint density at radius 2 is 1.73 bits per heavy atom. The average Bonchev–Trinajstić information content (AvgIpc) is 2.73. The zero-order valence-corrected chi connectivity index (χ0v) is 18.7. The summed E-state index contributed by atoms with van der Waals surface area (Å²) in [6.45, 7) is 1.80. The fraction of sp³-hybridized carbons (Fsp3) is 0.0833. The van der Waals surface area contributed by atoms with Crippen molar-refractivity contribution in [3.8, 4) is 17.0 Å². The number of fused-ring (bicyclic) bond motifs is 1. The molecule has 0 aliphatic rings. The van der Waals surface area contributed by atoms with Crippen LogP contribution in [0, 0.1) is 12.7 Å². The van der Waals surface area contributed by atoms with Crippen LogP contribution >= 0.6 is 0 Å². The van der Waals surface area contributed by atoms with Gasteiger partial charge in [-0.25, -0.2) is 9.37 Å². The zero-order chi connectivity index (χ0) is 20.4. The van der Waals surface area contributed by atoms with E-state index in [1.807, 2.05) is 54.6 Å². The van der Waals surface area contributed by atoms with Gasteiger partial charge in [-0.1, -0.05) is 48.5 Å². The zero-order valence-electron chi connectivity index (χ0n) is 16.7. The van der Waals surface area contributed by atoms with Gasteiger partial charge in [0.25, 0.3) is 0 Å². The van der Waals surface area contributed by atoms with E-state index < -0.39 is 11.8 Å². The molecule has 0 spiro atoms. The minimum Gasteiger partial charge on any atom is -0.545 e. The van der Waals surface area contributed by atoms with Crippen LogP contribution in [0.1, 0.15) is 21.5 Å². The summed E-state index contributed by atoms with van der Waals surface area (Å²) < 4.78 is 19.4. The molecule has 0 saturated carbocycles. The van der Waals surface area contributed by atoms with Crippen molar-refractivity contribution in [1.29, 1.82) is 0 Å². The van der Waals surface area contributed by atoms with E-state index in [9.17, 15) is 14.3 Å². The summed E-state index contributed by atoms with van der Waals surface area (Å²) in [5, 5.41) is 11.9. The summed E-state index contributed by atoms with van der Waals surface area (Å²) >= 11 is 0. The van der Waals surface area contributed by atoms with Gasteiger partial charge in [0.15, 0.2) is 0 Å². The average molecular weight is 409 g/mol. The van der Waals surface area contributed by atoms with Gasteiger partial charge in [-0.05, 0) is 47.9 Å². The van der Waals surface area contributed by atoms with Crippen LogP contribution < -0.4 is 39.4 Å². The minimum atomic E-state index is -1.39. The molecule has 0 N–H and O–H groups in total. The van der Waals surface area contributed by atoms with Gasteiger partial charge in [0.2, 0.25) is 5.88 Å². The second-order valence-corrected chi connectivity index (χ2v) is 6.72. The maximum absolute atomic E-state index is 13.6. The van der Waals surface area contributed by atoms with Crippen molar-refractivity contribution in [3.63, 3.8) is 0 Å². The first-order valence-electron chi connectivity index (χ1n) is 9.11. The second kappa shape index (κ2) is 9.39. The van der Waals surface area contributed by atoms with Gasteiger partial charge in [0.1, 0.15) is 12.4 Å². The Morgan fingerprint density at radius 3 is 2.47 bits per heavy atom. The van der Waals surface area contributed by atoms with E-state index >= 15 is 0 Å². The van der Waals surface area contributed by atoms with Gasteiger partial charge in [0, 0.05) is 16.5 Å². The van der Waals surface area contributed by atoms with Crippen molar-refractivity contribution >= 4 is 16.9 Å². The molecular formula is C24H17FNNaO3. The molecule has 0 unspecified atom stereocenters. The molecule has 6 heteroatoms. The van der Waals surface area contributed by atoms with Crippen LogP contribution in [-0.2, 0) is 6.61 Å². The predicted molar refractivity (Wildman–Crippen MR) is 107 cm³/mol. The van der Waals surface area contributed by atoms with Crippen LogP contribution in [0.25, 0.3) is 22.0 Å². The number of benzene rings is 3. The molecule has 1 heterocycles. The fourth-order valence-corrected chi connectivity index (χ4v) is 3.33. The normalized spacial score (nSPS) is 10.5. The number of rotatable bonds is 5. The molecule has 1 aromatic heterocycles. The number of carbonyl (C=O) groups is 1. The van der Waals surface area contributed by atoms with Gasteiger partial charge in [0.05, 0.1) is 11.5 Å². The van der Waals surface area contributed by atoms with Crippen LogP contribution in [0.15, 0.2) is 72.8 Å². The third-order valence-corrected chi connectivity index (χ3v) is 4.76. The Hall–Kier alpha value is -2.73. The van der Waals surface area contributed by atoms with Crippen molar-refractivity contribution in [3.05, 3.63) is 95.3 Å². The summed E-state index contributed by atoms with van der Waals surface area (Å²) in [5.41, 5.74) is 3.60. The molecule has 144 valence electrons. The number of hydrogen-bond donors (Lipinski definition) is 0. The summed E-state index contributed by atoms with van der Waals surface area (Å²) in [4.78, 5) is 16.0.